The van der Waals surface area contributed by atoms with Crippen LogP contribution >= 0.6 is 0 Å². The molecule has 1 fully saturated rings. The van der Waals surface area contributed by atoms with Crippen molar-refractivity contribution < 1.29 is 8.42 Å². The molecule has 110 valence electrons. The van der Waals surface area contributed by atoms with Crippen molar-refractivity contribution in [1.29, 1.82) is 0 Å². The molecule has 4 heteroatoms. The third-order valence-corrected chi connectivity index (χ3v) is 5.91. The van der Waals surface area contributed by atoms with Gasteiger partial charge in [0, 0.05) is 6.04 Å². The van der Waals surface area contributed by atoms with Gasteiger partial charge >= 0.3 is 0 Å². The molecule has 0 heterocycles. The van der Waals surface area contributed by atoms with E-state index in [4.69, 9.17) is 0 Å². The van der Waals surface area contributed by atoms with Crippen LogP contribution in [0.15, 0.2) is 65.6 Å². The summed E-state index contributed by atoms with van der Waals surface area (Å²) in [5, 5.41) is 0. The van der Waals surface area contributed by atoms with Crippen LogP contribution in [0, 0.1) is 5.92 Å². The monoisotopic (exact) mass is 301 g/mol. The Morgan fingerprint density at radius 2 is 1.48 bits per heavy atom. The van der Waals surface area contributed by atoms with Gasteiger partial charge in [0.15, 0.2) is 0 Å². The van der Waals surface area contributed by atoms with Crippen molar-refractivity contribution in [2.75, 3.05) is 4.31 Å². The minimum absolute atomic E-state index is 0.0161. The summed E-state index contributed by atoms with van der Waals surface area (Å²) in [5.74, 6) is 0.462. The second-order valence-corrected chi connectivity index (χ2v) is 7.34. The summed E-state index contributed by atoms with van der Waals surface area (Å²) in [7, 11) is -3.53. The molecule has 0 amide bonds. The lowest BCUT2D eigenvalue weighted by atomic mass is 10.2. The van der Waals surface area contributed by atoms with Gasteiger partial charge in [0.2, 0.25) is 0 Å². The van der Waals surface area contributed by atoms with E-state index in [0.29, 0.717) is 10.8 Å². The number of hydrogen-bond donors (Lipinski definition) is 0. The first-order valence-corrected chi connectivity index (χ1v) is 8.69. The van der Waals surface area contributed by atoms with Crippen LogP contribution in [0.5, 0.6) is 0 Å². The highest BCUT2D eigenvalue weighted by molar-refractivity contribution is 7.92. The van der Waals surface area contributed by atoms with Crippen molar-refractivity contribution in [3.05, 3.63) is 60.7 Å². The number of sulfonamides is 1. The van der Waals surface area contributed by atoms with Gasteiger partial charge in [0.25, 0.3) is 10.0 Å². The second kappa shape index (κ2) is 5.53. The fourth-order valence-corrected chi connectivity index (χ4v) is 4.38. The standard InChI is InChI=1S/C17H19NO2S/c1-14(15-12-13-15)18(16-8-4-2-5-9-16)21(19,20)17-10-6-3-7-11-17/h2-11,14-15H,12-13H2,1H3. The van der Waals surface area contributed by atoms with Crippen LogP contribution in [0.2, 0.25) is 0 Å². The molecule has 0 bridgehead atoms. The highest BCUT2D eigenvalue weighted by Gasteiger charge is 2.38. The van der Waals surface area contributed by atoms with Gasteiger partial charge in [-0.2, -0.15) is 0 Å². The average Bonchev–Trinajstić information content (AvgIpc) is 3.34. The number of rotatable bonds is 5. The molecule has 2 aromatic carbocycles. The summed E-state index contributed by atoms with van der Waals surface area (Å²) < 4.78 is 27.6. The minimum Gasteiger partial charge on any atom is -0.263 e. The van der Waals surface area contributed by atoms with Crippen molar-refractivity contribution in [2.45, 2.75) is 30.7 Å². The number of nitrogens with zero attached hydrogens (tertiary/aromatic N) is 1. The first-order valence-electron chi connectivity index (χ1n) is 7.25. The topological polar surface area (TPSA) is 37.4 Å². The molecular weight excluding hydrogens is 282 g/mol. The summed E-state index contributed by atoms with van der Waals surface area (Å²) in [6.45, 7) is 2.01. The molecule has 0 aliphatic heterocycles. The van der Waals surface area contributed by atoms with Gasteiger partial charge in [-0.15, -0.1) is 0 Å². The number of hydrogen-bond acceptors (Lipinski definition) is 2. The van der Waals surface area contributed by atoms with Gasteiger partial charge in [0.05, 0.1) is 10.6 Å². The van der Waals surface area contributed by atoms with Gasteiger partial charge in [-0.05, 0) is 49.9 Å². The Kier molecular flexibility index (Phi) is 3.72. The van der Waals surface area contributed by atoms with Gasteiger partial charge in [-0.3, -0.25) is 4.31 Å². The molecule has 21 heavy (non-hydrogen) atoms. The van der Waals surface area contributed by atoms with E-state index in [-0.39, 0.29) is 6.04 Å². The van der Waals surface area contributed by atoms with E-state index in [9.17, 15) is 8.42 Å². The fraction of sp³-hybridized carbons (Fsp3) is 0.294. The zero-order chi connectivity index (χ0) is 14.9. The maximum absolute atomic E-state index is 13.0. The third-order valence-electron chi connectivity index (χ3n) is 3.98. The van der Waals surface area contributed by atoms with E-state index >= 15 is 0 Å². The lowest BCUT2D eigenvalue weighted by molar-refractivity contribution is 0.566. The number of benzene rings is 2. The second-order valence-electron chi connectivity index (χ2n) is 5.53. The van der Waals surface area contributed by atoms with E-state index in [0.717, 1.165) is 18.5 Å². The predicted molar refractivity (Wildman–Crippen MR) is 84.7 cm³/mol. The van der Waals surface area contributed by atoms with Crippen molar-refractivity contribution in [1.82, 2.24) is 0 Å². The summed E-state index contributed by atoms with van der Waals surface area (Å²) in [6, 6.07) is 18.0. The number of para-hydroxylation sites is 1. The van der Waals surface area contributed by atoms with Crippen LogP contribution in [-0.2, 0) is 10.0 Å². The molecule has 2 aromatic rings. The summed E-state index contributed by atoms with van der Waals surface area (Å²) >= 11 is 0. The molecule has 3 rings (SSSR count). The quantitative estimate of drug-likeness (QED) is 0.845. The largest absolute Gasteiger partial charge is 0.264 e. The molecule has 3 nitrogen and oxygen atoms in total. The predicted octanol–water partition coefficient (Wildman–Crippen LogP) is 3.68. The molecule has 1 aliphatic carbocycles. The van der Waals surface area contributed by atoms with Crippen molar-refractivity contribution in [3.8, 4) is 0 Å². The van der Waals surface area contributed by atoms with Crippen LogP contribution in [0.1, 0.15) is 19.8 Å². The van der Waals surface area contributed by atoms with Crippen LogP contribution in [-0.4, -0.2) is 14.5 Å². The molecule has 0 radical (unpaired) electrons. The van der Waals surface area contributed by atoms with Crippen LogP contribution in [0.4, 0.5) is 5.69 Å². The first-order chi connectivity index (χ1) is 10.1. The fourth-order valence-electron chi connectivity index (χ4n) is 2.64. The molecule has 1 unspecified atom stereocenters. The molecular formula is C17H19NO2S. The Bertz CT molecular complexity index is 694. The van der Waals surface area contributed by atoms with Crippen molar-refractivity contribution in [3.63, 3.8) is 0 Å². The highest BCUT2D eigenvalue weighted by Crippen LogP contribution is 2.39. The molecule has 1 aliphatic rings. The average molecular weight is 301 g/mol. The Labute approximate surface area is 126 Å². The van der Waals surface area contributed by atoms with E-state index in [1.54, 1.807) is 28.6 Å². The van der Waals surface area contributed by atoms with Gasteiger partial charge < -0.3 is 0 Å². The number of anilines is 1. The van der Waals surface area contributed by atoms with E-state index in [1.165, 1.54) is 0 Å². The lowest BCUT2D eigenvalue weighted by Crippen LogP contribution is -2.40. The van der Waals surface area contributed by atoms with Crippen LogP contribution in [0.25, 0.3) is 0 Å². The van der Waals surface area contributed by atoms with Crippen molar-refractivity contribution in [2.24, 2.45) is 5.92 Å². The maximum atomic E-state index is 13.0. The van der Waals surface area contributed by atoms with E-state index < -0.39 is 10.0 Å². The SMILES string of the molecule is CC(C1CC1)N(c1ccccc1)S(=O)(=O)c1ccccc1. The first kappa shape index (κ1) is 14.1. The van der Waals surface area contributed by atoms with Crippen LogP contribution < -0.4 is 4.31 Å². The van der Waals surface area contributed by atoms with Gasteiger partial charge in [-0.1, -0.05) is 36.4 Å². The van der Waals surface area contributed by atoms with Gasteiger partial charge in [-0.25, -0.2) is 8.42 Å². The Balaban J connectivity index is 2.07. The molecule has 1 atom stereocenters. The van der Waals surface area contributed by atoms with Crippen LogP contribution in [0.3, 0.4) is 0 Å². The Morgan fingerprint density at radius 1 is 0.952 bits per heavy atom. The van der Waals surface area contributed by atoms with E-state index in [1.807, 2.05) is 43.3 Å². The Morgan fingerprint density at radius 3 is 2.00 bits per heavy atom. The zero-order valence-electron chi connectivity index (χ0n) is 12.0. The smallest absolute Gasteiger partial charge is 0.263 e. The minimum atomic E-state index is -3.53. The molecule has 0 N–H and O–H groups in total. The molecule has 1 saturated carbocycles. The van der Waals surface area contributed by atoms with Crippen molar-refractivity contribution >= 4 is 15.7 Å². The maximum Gasteiger partial charge on any atom is 0.264 e. The van der Waals surface area contributed by atoms with E-state index in [2.05, 4.69) is 0 Å². The lowest BCUT2D eigenvalue weighted by Gasteiger charge is -2.30. The summed E-state index contributed by atoms with van der Waals surface area (Å²) in [6.07, 6.45) is 2.21. The zero-order valence-corrected chi connectivity index (χ0v) is 12.8. The molecule has 0 saturated heterocycles. The highest BCUT2D eigenvalue weighted by atomic mass is 32.2. The normalized spacial score (nSPS) is 16.4. The molecule has 0 aromatic heterocycles. The summed E-state index contributed by atoms with van der Waals surface area (Å²) in [5.41, 5.74) is 0.737. The third kappa shape index (κ3) is 2.81. The summed E-state index contributed by atoms with van der Waals surface area (Å²) in [4.78, 5) is 0.348. The Hall–Kier alpha value is -1.81. The molecule has 0 spiro atoms. The van der Waals surface area contributed by atoms with Gasteiger partial charge in [0.1, 0.15) is 0 Å².